The highest BCUT2D eigenvalue weighted by atomic mass is 35.5. The van der Waals surface area contributed by atoms with Crippen molar-refractivity contribution >= 4 is 40.8 Å². The Balaban J connectivity index is 1.66. The van der Waals surface area contributed by atoms with E-state index in [4.69, 9.17) is 32.7 Å². The number of carbonyl (C=O) groups is 1. The minimum absolute atomic E-state index is 0.0792. The number of carboxylic acid groups (broad SMARTS) is 1. The Bertz CT molecular complexity index is 1390. The Labute approximate surface area is 199 Å². The fraction of sp³-hybridized carbons (Fsp3) is 0.0400. The highest BCUT2D eigenvalue weighted by molar-refractivity contribution is 6.31. The van der Waals surface area contributed by atoms with E-state index in [1.165, 1.54) is 6.08 Å². The van der Waals surface area contributed by atoms with E-state index in [0.717, 1.165) is 16.9 Å². The van der Waals surface area contributed by atoms with Crippen LogP contribution in [0.3, 0.4) is 0 Å². The van der Waals surface area contributed by atoms with Gasteiger partial charge in [-0.3, -0.25) is 0 Å². The lowest BCUT2D eigenvalue weighted by atomic mass is 10.0. The van der Waals surface area contributed by atoms with Crippen molar-refractivity contribution in [1.29, 1.82) is 0 Å². The first kappa shape index (κ1) is 21.1. The average molecular weight is 479 g/mol. The number of benzene rings is 3. The van der Waals surface area contributed by atoms with Crippen LogP contribution >= 0.6 is 23.2 Å². The molecule has 1 N–H and O–H groups in total. The van der Waals surface area contributed by atoms with Crippen molar-refractivity contribution in [3.05, 3.63) is 94.1 Å². The number of hydrogen-bond donors (Lipinski definition) is 1. The molecule has 5 rings (SSSR count). The molecule has 0 saturated heterocycles. The number of nitrogens with zero attached hydrogens (tertiary/aromatic N) is 2. The van der Waals surface area contributed by atoms with Gasteiger partial charge >= 0.3 is 5.97 Å². The summed E-state index contributed by atoms with van der Waals surface area (Å²) in [5, 5.41) is 15.6. The molecule has 1 aromatic heterocycles. The second kappa shape index (κ2) is 8.65. The van der Waals surface area contributed by atoms with Gasteiger partial charge in [-0.05, 0) is 72.3 Å². The lowest BCUT2D eigenvalue weighted by molar-refractivity contribution is -0.130. The van der Waals surface area contributed by atoms with Gasteiger partial charge in [0.2, 0.25) is 6.79 Å². The van der Waals surface area contributed by atoms with Crippen molar-refractivity contribution in [2.24, 2.45) is 0 Å². The fourth-order valence-electron chi connectivity index (χ4n) is 3.58. The number of halogens is 2. The maximum Gasteiger partial charge on any atom is 0.336 e. The van der Waals surface area contributed by atoms with Gasteiger partial charge in [0, 0.05) is 15.6 Å². The van der Waals surface area contributed by atoms with Crippen molar-refractivity contribution in [1.82, 2.24) is 9.78 Å². The zero-order chi connectivity index (χ0) is 22.9. The largest absolute Gasteiger partial charge is 0.478 e. The third kappa shape index (κ3) is 4.31. The van der Waals surface area contributed by atoms with Crippen LogP contribution in [0.1, 0.15) is 11.3 Å². The standard InChI is InChI=1S/C25H16Cl2N2O4/c26-17-5-7-20(8-6-17)29-22(16-4-9-23-24(11-16)33-14-32-23)13-19(28-29)12-21(25(30)31)15-2-1-3-18(27)10-15/h1-13H,14H2,(H,30,31)/b21-12-. The number of rotatable bonds is 5. The molecule has 4 aromatic rings. The molecular weight excluding hydrogens is 463 g/mol. The molecule has 0 saturated carbocycles. The Morgan fingerprint density at radius 1 is 0.939 bits per heavy atom. The van der Waals surface area contributed by atoms with E-state index in [0.29, 0.717) is 32.8 Å². The van der Waals surface area contributed by atoms with Gasteiger partial charge in [-0.25, -0.2) is 9.48 Å². The fourth-order valence-corrected chi connectivity index (χ4v) is 3.90. The summed E-state index contributed by atoms with van der Waals surface area (Å²) in [5.41, 5.74) is 3.39. The Kier molecular flexibility index (Phi) is 5.54. The van der Waals surface area contributed by atoms with E-state index in [2.05, 4.69) is 5.10 Å². The molecule has 1 aliphatic heterocycles. The van der Waals surface area contributed by atoms with Crippen molar-refractivity contribution < 1.29 is 19.4 Å². The van der Waals surface area contributed by atoms with E-state index in [1.54, 1.807) is 41.1 Å². The third-order valence-electron chi connectivity index (χ3n) is 5.13. The zero-order valence-corrected chi connectivity index (χ0v) is 18.5. The van der Waals surface area contributed by atoms with Crippen molar-refractivity contribution in [2.45, 2.75) is 0 Å². The quantitative estimate of drug-likeness (QED) is 0.345. The molecule has 3 aromatic carbocycles. The number of carboxylic acids is 1. The summed E-state index contributed by atoms with van der Waals surface area (Å²) in [6.07, 6.45) is 1.52. The summed E-state index contributed by atoms with van der Waals surface area (Å²) in [4.78, 5) is 12.0. The summed E-state index contributed by atoms with van der Waals surface area (Å²) in [7, 11) is 0. The third-order valence-corrected chi connectivity index (χ3v) is 5.61. The molecule has 0 fully saturated rings. The maximum absolute atomic E-state index is 12.0. The lowest BCUT2D eigenvalue weighted by Gasteiger charge is -2.08. The van der Waals surface area contributed by atoms with Crippen LogP contribution in [0, 0.1) is 0 Å². The lowest BCUT2D eigenvalue weighted by Crippen LogP contribution is -2.01. The SMILES string of the molecule is O=C(O)/C(=C\c1cc(-c2ccc3c(c2)OCO3)n(-c2ccc(Cl)cc2)n1)c1cccc(Cl)c1. The van der Waals surface area contributed by atoms with Gasteiger partial charge < -0.3 is 14.6 Å². The normalized spacial score (nSPS) is 12.7. The number of aliphatic carboxylic acids is 1. The topological polar surface area (TPSA) is 73.6 Å². The molecule has 0 aliphatic carbocycles. The van der Waals surface area contributed by atoms with E-state index in [-0.39, 0.29) is 12.4 Å². The zero-order valence-electron chi connectivity index (χ0n) is 17.0. The van der Waals surface area contributed by atoms with Crippen LogP contribution < -0.4 is 9.47 Å². The highest BCUT2D eigenvalue weighted by Gasteiger charge is 2.19. The molecule has 0 radical (unpaired) electrons. The predicted octanol–water partition coefficient (Wildman–Crippen LogP) is 6.20. The minimum atomic E-state index is -1.08. The van der Waals surface area contributed by atoms with Crippen molar-refractivity contribution in [3.63, 3.8) is 0 Å². The van der Waals surface area contributed by atoms with Gasteiger partial charge in [0.1, 0.15) is 0 Å². The van der Waals surface area contributed by atoms with E-state index >= 15 is 0 Å². The van der Waals surface area contributed by atoms with Crippen LogP contribution in [-0.2, 0) is 4.79 Å². The Morgan fingerprint density at radius 2 is 1.73 bits per heavy atom. The molecule has 33 heavy (non-hydrogen) atoms. The van der Waals surface area contributed by atoms with Gasteiger partial charge in [-0.1, -0.05) is 35.3 Å². The first-order valence-corrected chi connectivity index (χ1v) is 10.7. The molecule has 0 bridgehead atoms. The first-order valence-electron chi connectivity index (χ1n) is 9.95. The number of hydrogen-bond acceptors (Lipinski definition) is 4. The van der Waals surface area contributed by atoms with E-state index in [9.17, 15) is 9.90 Å². The van der Waals surface area contributed by atoms with Crippen molar-refractivity contribution in [3.8, 4) is 28.4 Å². The molecule has 0 amide bonds. The molecule has 0 unspecified atom stereocenters. The number of ether oxygens (including phenoxy) is 2. The van der Waals surface area contributed by atoms with Crippen LogP contribution in [0.5, 0.6) is 11.5 Å². The summed E-state index contributed by atoms with van der Waals surface area (Å²) < 4.78 is 12.7. The molecule has 2 heterocycles. The molecular formula is C25H16Cl2N2O4. The summed E-state index contributed by atoms with van der Waals surface area (Å²) >= 11 is 12.1. The average Bonchev–Trinajstić information content (AvgIpc) is 3.44. The molecule has 1 aliphatic rings. The van der Waals surface area contributed by atoms with Crippen LogP contribution in [0.25, 0.3) is 28.6 Å². The smallest absolute Gasteiger partial charge is 0.336 e. The van der Waals surface area contributed by atoms with Gasteiger partial charge in [0.05, 0.1) is 22.6 Å². The van der Waals surface area contributed by atoms with Crippen molar-refractivity contribution in [2.75, 3.05) is 6.79 Å². The maximum atomic E-state index is 12.0. The van der Waals surface area contributed by atoms with E-state index < -0.39 is 5.97 Å². The minimum Gasteiger partial charge on any atom is -0.478 e. The monoisotopic (exact) mass is 478 g/mol. The van der Waals surface area contributed by atoms with E-state index in [1.807, 2.05) is 36.4 Å². The second-order valence-electron chi connectivity index (χ2n) is 7.28. The molecule has 6 nitrogen and oxygen atoms in total. The first-order chi connectivity index (χ1) is 16.0. The molecule has 164 valence electrons. The predicted molar refractivity (Wildman–Crippen MR) is 127 cm³/mol. The Morgan fingerprint density at radius 3 is 2.48 bits per heavy atom. The molecule has 8 heteroatoms. The van der Waals surface area contributed by atoms with Crippen LogP contribution in [0.4, 0.5) is 0 Å². The van der Waals surface area contributed by atoms with Gasteiger partial charge in [0.15, 0.2) is 11.5 Å². The van der Waals surface area contributed by atoms with Crippen LogP contribution in [-0.4, -0.2) is 27.6 Å². The summed E-state index contributed by atoms with van der Waals surface area (Å²) in [5.74, 6) is 0.229. The Hall–Kier alpha value is -3.74. The van der Waals surface area contributed by atoms with Gasteiger partial charge in [0.25, 0.3) is 0 Å². The second-order valence-corrected chi connectivity index (χ2v) is 8.16. The molecule has 0 atom stereocenters. The molecule has 0 spiro atoms. The summed E-state index contributed by atoms with van der Waals surface area (Å²) in [6, 6.07) is 21.4. The van der Waals surface area contributed by atoms with Gasteiger partial charge in [-0.15, -0.1) is 0 Å². The van der Waals surface area contributed by atoms with Crippen LogP contribution in [0.15, 0.2) is 72.8 Å². The van der Waals surface area contributed by atoms with Crippen LogP contribution in [0.2, 0.25) is 10.0 Å². The number of aromatic nitrogens is 2. The highest BCUT2D eigenvalue weighted by Crippen LogP contribution is 2.37. The summed E-state index contributed by atoms with van der Waals surface area (Å²) in [6.45, 7) is 0.171. The number of fused-ring (bicyclic) bond motifs is 1. The van der Waals surface area contributed by atoms with Gasteiger partial charge in [-0.2, -0.15) is 5.10 Å².